The number of amides is 1. The van der Waals surface area contributed by atoms with Gasteiger partial charge in [-0.15, -0.1) is 24.0 Å². The van der Waals surface area contributed by atoms with E-state index in [-0.39, 0.29) is 48.0 Å². The van der Waals surface area contributed by atoms with E-state index in [1.54, 1.807) is 11.7 Å². The lowest BCUT2D eigenvalue weighted by Gasteiger charge is -2.28. The number of aryl methyl sites for hydroxylation is 1. The van der Waals surface area contributed by atoms with Crippen molar-refractivity contribution in [2.45, 2.75) is 32.4 Å². The fourth-order valence-corrected chi connectivity index (χ4v) is 2.53. The van der Waals surface area contributed by atoms with Crippen molar-refractivity contribution in [3.8, 4) is 0 Å². The van der Waals surface area contributed by atoms with E-state index < -0.39 is 0 Å². The first-order valence-electron chi connectivity index (χ1n) is 8.41. The van der Waals surface area contributed by atoms with Crippen LogP contribution < -0.4 is 10.6 Å². The number of likely N-dealkylation sites (N-methyl/N-ethyl adjacent to an activating group) is 2. The summed E-state index contributed by atoms with van der Waals surface area (Å²) >= 11 is 0. The fourth-order valence-electron chi connectivity index (χ4n) is 2.53. The number of aromatic nitrogens is 2. The van der Waals surface area contributed by atoms with E-state index in [2.05, 4.69) is 25.6 Å². The van der Waals surface area contributed by atoms with Crippen molar-refractivity contribution in [3.63, 3.8) is 0 Å². The van der Waals surface area contributed by atoms with Crippen LogP contribution in [0.25, 0.3) is 0 Å². The van der Waals surface area contributed by atoms with E-state index >= 15 is 0 Å². The van der Waals surface area contributed by atoms with Crippen LogP contribution in [0.4, 0.5) is 0 Å². The fraction of sp³-hybridized carbons (Fsp3) is 0.706. The van der Waals surface area contributed by atoms with Crippen LogP contribution in [0.1, 0.15) is 32.4 Å². The molecule has 8 nitrogen and oxygen atoms in total. The van der Waals surface area contributed by atoms with Gasteiger partial charge in [-0.25, -0.2) is 0 Å². The quantitative estimate of drug-likeness (QED) is 0.363. The molecule has 1 atom stereocenters. The van der Waals surface area contributed by atoms with Gasteiger partial charge in [-0.3, -0.25) is 14.5 Å². The highest BCUT2D eigenvalue weighted by Gasteiger charge is 2.19. The van der Waals surface area contributed by atoms with E-state index in [1.165, 1.54) is 0 Å². The van der Waals surface area contributed by atoms with E-state index in [0.717, 1.165) is 5.56 Å². The molecule has 0 saturated heterocycles. The first-order valence-corrected chi connectivity index (χ1v) is 8.41. The maximum atomic E-state index is 12.1. The van der Waals surface area contributed by atoms with Crippen LogP contribution >= 0.6 is 24.0 Å². The number of nitrogens with zero attached hydrogens (tertiary/aromatic N) is 5. The summed E-state index contributed by atoms with van der Waals surface area (Å²) in [6.07, 6.45) is 3.88. The minimum atomic E-state index is -0.245. The highest BCUT2D eigenvalue weighted by atomic mass is 127. The summed E-state index contributed by atoms with van der Waals surface area (Å²) in [7, 11) is 9.54. The van der Waals surface area contributed by atoms with Gasteiger partial charge in [-0.05, 0) is 34.9 Å². The third kappa shape index (κ3) is 8.35. The monoisotopic (exact) mass is 479 g/mol. The molecule has 1 heterocycles. The zero-order chi connectivity index (χ0) is 19.2. The van der Waals surface area contributed by atoms with Gasteiger partial charge < -0.3 is 20.4 Å². The van der Waals surface area contributed by atoms with Crippen LogP contribution in [-0.4, -0.2) is 78.3 Å². The molecular formula is C17H34IN7O. The summed E-state index contributed by atoms with van der Waals surface area (Å²) in [6, 6.07) is 0.155. The van der Waals surface area contributed by atoms with Crippen LogP contribution in [0.2, 0.25) is 0 Å². The van der Waals surface area contributed by atoms with Crippen molar-refractivity contribution >= 4 is 35.8 Å². The zero-order valence-electron chi connectivity index (χ0n) is 17.2. The van der Waals surface area contributed by atoms with Gasteiger partial charge >= 0.3 is 0 Å². The Labute approximate surface area is 174 Å². The van der Waals surface area contributed by atoms with E-state index in [0.29, 0.717) is 12.5 Å². The average molecular weight is 479 g/mol. The van der Waals surface area contributed by atoms with E-state index in [9.17, 15) is 4.79 Å². The van der Waals surface area contributed by atoms with Crippen molar-refractivity contribution in [2.24, 2.45) is 12.0 Å². The molecule has 1 rings (SSSR count). The molecule has 26 heavy (non-hydrogen) atoms. The number of aliphatic imine (C=N–C) groups is 1. The van der Waals surface area contributed by atoms with Gasteiger partial charge in [-0.2, -0.15) is 5.10 Å². The predicted octanol–water partition coefficient (Wildman–Crippen LogP) is 1.06. The highest BCUT2D eigenvalue weighted by molar-refractivity contribution is 14.0. The first kappa shape index (κ1) is 24.6. The number of nitrogens with one attached hydrogen (secondary N) is 2. The molecule has 0 aliphatic heterocycles. The summed E-state index contributed by atoms with van der Waals surface area (Å²) in [5.74, 6) is 0.647. The van der Waals surface area contributed by atoms with Crippen molar-refractivity contribution in [3.05, 3.63) is 18.0 Å². The molecular weight excluding hydrogens is 445 g/mol. The second-order valence-corrected chi connectivity index (χ2v) is 7.51. The topological polar surface area (TPSA) is 77.8 Å². The molecule has 1 aromatic heterocycles. The average Bonchev–Trinajstić information content (AvgIpc) is 2.87. The van der Waals surface area contributed by atoms with Gasteiger partial charge in [0, 0.05) is 45.0 Å². The Morgan fingerprint density at radius 2 is 1.96 bits per heavy atom. The summed E-state index contributed by atoms with van der Waals surface area (Å²) in [6.45, 7) is 6.81. The molecule has 0 aromatic carbocycles. The normalized spacial score (nSPS) is 13.2. The van der Waals surface area contributed by atoms with Crippen LogP contribution in [0, 0.1) is 0 Å². The van der Waals surface area contributed by atoms with Crippen molar-refractivity contribution in [1.29, 1.82) is 0 Å². The van der Waals surface area contributed by atoms with Crippen molar-refractivity contribution in [2.75, 3.05) is 41.3 Å². The molecule has 0 fully saturated rings. The number of halogens is 1. The number of carbonyl (C=O) groups excluding carboxylic acids is 1. The molecule has 150 valence electrons. The Kier molecular flexibility index (Phi) is 10.1. The number of carbonyl (C=O) groups is 1. The zero-order valence-corrected chi connectivity index (χ0v) is 19.5. The van der Waals surface area contributed by atoms with Crippen LogP contribution in [0.3, 0.4) is 0 Å². The number of hydrogen-bond acceptors (Lipinski definition) is 4. The molecule has 1 unspecified atom stereocenters. The smallest absolute Gasteiger partial charge is 0.240 e. The summed E-state index contributed by atoms with van der Waals surface area (Å²) in [4.78, 5) is 20.3. The van der Waals surface area contributed by atoms with Gasteiger partial charge in [0.15, 0.2) is 5.96 Å². The Morgan fingerprint density at radius 3 is 2.38 bits per heavy atom. The largest absolute Gasteiger partial charge is 0.354 e. The Balaban J connectivity index is 0.00000625. The minimum absolute atomic E-state index is 0. The highest BCUT2D eigenvalue weighted by Crippen LogP contribution is 2.16. The molecule has 9 heteroatoms. The van der Waals surface area contributed by atoms with Crippen molar-refractivity contribution in [1.82, 2.24) is 30.2 Å². The van der Waals surface area contributed by atoms with Crippen molar-refractivity contribution < 1.29 is 4.79 Å². The van der Waals surface area contributed by atoms with Gasteiger partial charge in [0.1, 0.15) is 0 Å². The van der Waals surface area contributed by atoms with Gasteiger partial charge in [0.25, 0.3) is 0 Å². The first-order chi connectivity index (χ1) is 11.5. The third-order valence-electron chi connectivity index (χ3n) is 3.66. The maximum Gasteiger partial charge on any atom is 0.240 e. The van der Waals surface area contributed by atoms with Gasteiger partial charge in [0.05, 0.1) is 18.8 Å². The molecule has 1 amide bonds. The summed E-state index contributed by atoms with van der Waals surface area (Å²) in [5.41, 5.74) is 0.883. The molecule has 2 N–H and O–H groups in total. The SMILES string of the molecule is CN=C(NCC(c1cnn(C)c1)N(C)C)N(C)CC(=O)NC(C)(C)C.I. The molecule has 0 spiro atoms. The molecule has 0 aliphatic rings. The van der Waals surface area contributed by atoms with Crippen LogP contribution in [0.15, 0.2) is 17.4 Å². The lowest BCUT2D eigenvalue weighted by Crippen LogP contribution is -2.49. The lowest BCUT2D eigenvalue weighted by atomic mass is 10.1. The third-order valence-corrected chi connectivity index (χ3v) is 3.66. The Bertz CT molecular complexity index is 592. The molecule has 0 radical (unpaired) electrons. The van der Waals surface area contributed by atoms with Gasteiger partial charge in [-0.1, -0.05) is 0 Å². The standard InChI is InChI=1S/C17H33N7O.HI/c1-17(2,3)21-15(25)12-23(7)16(18-4)19-10-14(22(5)6)13-9-20-24(8)11-13;/h9,11,14H,10,12H2,1-8H3,(H,18,19)(H,21,25);1H. The number of rotatable bonds is 6. The minimum Gasteiger partial charge on any atom is -0.354 e. The van der Waals surface area contributed by atoms with E-state index in [4.69, 9.17) is 0 Å². The van der Waals surface area contributed by atoms with Crippen LogP contribution in [0.5, 0.6) is 0 Å². The Morgan fingerprint density at radius 1 is 1.35 bits per heavy atom. The van der Waals surface area contributed by atoms with Crippen LogP contribution in [-0.2, 0) is 11.8 Å². The number of hydrogen-bond donors (Lipinski definition) is 2. The Hall–Kier alpha value is -1.36. The summed E-state index contributed by atoms with van der Waals surface area (Å²) < 4.78 is 1.80. The second-order valence-electron chi connectivity index (χ2n) is 7.51. The van der Waals surface area contributed by atoms with Gasteiger partial charge in [0.2, 0.25) is 5.91 Å². The predicted molar refractivity (Wildman–Crippen MR) is 117 cm³/mol. The van der Waals surface area contributed by atoms with E-state index in [1.807, 2.05) is 66.3 Å². The molecule has 0 aliphatic carbocycles. The lowest BCUT2D eigenvalue weighted by molar-refractivity contribution is -0.122. The molecule has 1 aromatic rings. The second kappa shape index (κ2) is 10.7. The number of guanidine groups is 1. The summed E-state index contributed by atoms with van der Waals surface area (Å²) in [5, 5.41) is 10.5. The molecule has 0 bridgehead atoms. The maximum absolute atomic E-state index is 12.1. The molecule has 0 saturated carbocycles.